The van der Waals surface area contributed by atoms with Crippen LogP contribution < -0.4 is 10.6 Å². The number of anilines is 4. The molecule has 7 heterocycles. The molecule has 12 nitrogen and oxygen atoms in total. The molecule has 2 N–H and O–H groups in total. The van der Waals surface area contributed by atoms with Crippen molar-refractivity contribution in [3.05, 3.63) is 121 Å². The molecule has 0 amide bonds. The molecular weight excluding hydrogens is 588 g/mol. The molecule has 1 atom stereocenters. The second-order valence-corrected chi connectivity index (χ2v) is 11.2. The molecule has 6 aromatic heterocycles. The number of fused-ring (bicyclic) bond motifs is 2. The minimum absolute atomic E-state index is 0.221. The van der Waals surface area contributed by atoms with Crippen LogP contribution in [-0.2, 0) is 0 Å². The number of rotatable bonds is 6. The maximum Gasteiger partial charge on any atom is 0.240 e. The number of hydrogen-bond acceptors (Lipinski definition) is 10. The Morgan fingerprint density at radius 3 is 2.17 bits per heavy atom. The second-order valence-electron chi connectivity index (χ2n) is 11.2. The van der Waals surface area contributed by atoms with E-state index in [0.717, 1.165) is 67.3 Å². The van der Waals surface area contributed by atoms with Crippen molar-refractivity contribution in [3.63, 3.8) is 0 Å². The van der Waals surface area contributed by atoms with Gasteiger partial charge in [-0.25, -0.2) is 34.3 Å². The summed E-state index contributed by atoms with van der Waals surface area (Å²) in [5.41, 5.74) is 7.19. The van der Waals surface area contributed by atoms with Crippen molar-refractivity contribution in [2.45, 2.75) is 5.92 Å². The van der Waals surface area contributed by atoms with Gasteiger partial charge in [-0.3, -0.25) is 9.56 Å². The first-order valence-electron chi connectivity index (χ1n) is 15.0. The third kappa shape index (κ3) is 3.88. The molecule has 9 aromatic rings. The van der Waals surface area contributed by atoms with E-state index in [1.54, 1.807) is 18.7 Å². The highest BCUT2D eigenvalue weighted by Gasteiger charge is 2.30. The summed E-state index contributed by atoms with van der Waals surface area (Å²) in [6.07, 6.45) is 8.80. The van der Waals surface area contributed by atoms with E-state index in [4.69, 9.17) is 19.9 Å². The zero-order valence-electron chi connectivity index (χ0n) is 24.5. The summed E-state index contributed by atoms with van der Waals surface area (Å²) in [5, 5.41) is 8.83. The van der Waals surface area contributed by atoms with Crippen molar-refractivity contribution >= 4 is 73.8 Å². The summed E-state index contributed by atoms with van der Waals surface area (Å²) < 4.78 is 3.93. The topological polar surface area (TPSA) is 136 Å². The lowest BCUT2D eigenvalue weighted by atomic mass is 9.93. The highest BCUT2D eigenvalue weighted by atomic mass is 15.2. The van der Waals surface area contributed by atoms with Gasteiger partial charge in [-0.1, -0.05) is 30.3 Å². The second kappa shape index (κ2) is 9.84. The number of aromatic nitrogens is 9. The van der Waals surface area contributed by atoms with Crippen molar-refractivity contribution in [2.24, 2.45) is 4.99 Å². The molecule has 0 radical (unpaired) electrons. The van der Waals surface area contributed by atoms with E-state index >= 15 is 0 Å². The van der Waals surface area contributed by atoms with Crippen LogP contribution in [0.15, 0.2) is 115 Å². The van der Waals surface area contributed by atoms with Crippen LogP contribution in [0.1, 0.15) is 17.2 Å². The van der Waals surface area contributed by atoms with Crippen LogP contribution in [-0.4, -0.2) is 50.1 Å². The van der Waals surface area contributed by atoms with Crippen LogP contribution in [0.5, 0.6) is 0 Å². The van der Waals surface area contributed by atoms with Gasteiger partial charge in [0.2, 0.25) is 11.6 Å². The van der Waals surface area contributed by atoms with Gasteiger partial charge < -0.3 is 10.6 Å². The van der Waals surface area contributed by atoms with E-state index in [9.17, 15) is 0 Å². The Kier molecular flexibility index (Phi) is 5.34. The Bertz CT molecular complexity index is 2640. The van der Waals surface area contributed by atoms with Crippen LogP contribution in [0.3, 0.4) is 0 Å². The van der Waals surface area contributed by atoms with Gasteiger partial charge in [0, 0.05) is 40.6 Å². The standard InChI is InChI=1S/C35H22N12/c1-3-15-36-27(11-1)42-24-8-5-7-23-29(24)22(17-38-23)30-20-13-14-21-31(20)47-34(44-30)39-18-40-35(47)45-33(21)46-19-41-25-9-6-10-26(32(25)46)43-28-12-2-4-16-37-28/h1-19,22H,(H,36,42)(H,37,43). The molecule has 1 unspecified atom stereocenters. The number of aliphatic imine (C=N–C) groups is 1. The first-order valence-corrected chi connectivity index (χ1v) is 15.0. The van der Waals surface area contributed by atoms with Gasteiger partial charge in [0.25, 0.3) is 0 Å². The minimum Gasteiger partial charge on any atom is -0.340 e. The summed E-state index contributed by atoms with van der Waals surface area (Å²) in [6, 6.07) is 27.8. The molecule has 0 bridgehead atoms. The fourth-order valence-electron chi connectivity index (χ4n) is 6.55. The molecule has 0 fully saturated rings. The molecule has 0 spiro atoms. The van der Waals surface area contributed by atoms with Crippen molar-refractivity contribution in [1.82, 2.24) is 43.9 Å². The van der Waals surface area contributed by atoms with Gasteiger partial charge in [0.1, 0.15) is 24.3 Å². The first-order chi connectivity index (χ1) is 23.3. The molecule has 10 rings (SSSR count). The van der Waals surface area contributed by atoms with E-state index in [0.29, 0.717) is 17.4 Å². The number of benzene rings is 2. The Hall–Kier alpha value is -6.82. The molecule has 0 saturated heterocycles. The fraction of sp³-hybridized carbons (Fsp3) is 0.0286. The zero-order valence-corrected chi connectivity index (χ0v) is 24.5. The minimum atomic E-state index is -0.221. The van der Waals surface area contributed by atoms with E-state index in [1.165, 1.54) is 6.33 Å². The maximum atomic E-state index is 5.11. The number of hydrogen-bond donors (Lipinski definition) is 2. The molecule has 0 saturated carbocycles. The third-order valence-corrected chi connectivity index (χ3v) is 8.54. The molecule has 1 aliphatic heterocycles. The predicted molar refractivity (Wildman–Crippen MR) is 181 cm³/mol. The molecule has 12 heteroatoms. The van der Waals surface area contributed by atoms with Crippen molar-refractivity contribution in [2.75, 3.05) is 10.6 Å². The maximum absolute atomic E-state index is 5.11. The van der Waals surface area contributed by atoms with Gasteiger partial charge in [-0.05, 0) is 54.6 Å². The smallest absolute Gasteiger partial charge is 0.240 e. The predicted octanol–water partition coefficient (Wildman–Crippen LogP) is 6.73. The van der Waals surface area contributed by atoms with Gasteiger partial charge in [-0.2, -0.15) is 4.98 Å². The van der Waals surface area contributed by atoms with Gasteiger partial charge in [-0.15, -0.1) is 0 Å². The zero-order chi connectivity index (χ0) is 30.9. The van der Waals surface area contributed by atoms with Gasteiger partial charge in [0.05, 0.1) is 39.5 Å². The highest BCUT2D eigenvalue weighted by Crippen LogP contribution is 2.44. The lowest BCUT2D eigenvalue weighted by Crippen LogP contribution is -2.12. The lowest BCUT2D eigenvalue weighted by molar-refractivity contribution is 0.956. The molecule has 47 heavy (non-hydrogen) atoms. The van der Waals surface area contributed by atoms with E-state index in [-0.39, 0.29) is 5.92 Å². The Morgan fingerprint density at radius 1 is 0.617 bits per heavy atom. The molecule has 3 aromatic carbocycles. The summed E-state index contributed by atoms with van der Waals surface area (Å²) >= 11 is 0. The van der Waals surface area contributed by atoms with E-state index < -0.39 is 0 Å². The van der Waals surface area contributed by atoms with Gasteiger partial charge in [0.15, 0.2) is 5.82 Å². The van der Waals surface area contributed by atoms with Crippen molar-refractivity contribution in [1.29, 1.82) is 0 Å². The SMILES string of the molecule is C1=Nc2cccc(Nc3ccccn3)c2C1c1nc2ncnc3nc(-n4cnc5cccc(Nc6ccccn6)c54)c4ccc1c4n23. The number of nitrogens with zero attached hydrogens (tertiary/aromatic N) is 10. The third-order valence-electron chi connectivity index (χ3n) is 8.54. The number of nitrogens with one attached hydrogen (secondary N) is 2. The Morgan fingerprint density at radius 2 is 1.36 bits per heavy atom. The molecular formula is C35H22N12. The number of imidazole rings is 1. The summed E-state index contributed by atoms with van der Waals surface area (Å²) in [6.45, 7) is 0. The first kappa shape index (κ1) is 25.5. The summed E-state index contributed by atoms with van der Waals surface area (Å²) in [4.78, 5) is 37.8. The highest BCUT2D eigenvalue weighted by molar-refractivity contribution is 6.07. The molecule has 222 valence electrons. The van der Waals surface area contributed by atoms with Crippen LogP contribution in [0.25, 0.3) is 44.7 Å². The number of pyridine rings is 2. The van der Waals surface area contributed by atoms with Crippen LogP contribution in [0, 0.1) is 0 Å². The summed E-state index contributed by atoms with van der Waals surface area (Å²) in [7, 11) is 0. The Labute approximate surface area is 265 Å². The quantitative estimate of drug-likeness (QED) is 0.210. The fourth-order valence-corrected chi connectivity index (χ4v) is 6.55. The lowest BCUT2D eigenvalue weighted by Gasteiger charge is -2.18. The normalized spacial score (nSPS) is 14.1. The number of para-hydroxylation sites is 1. The average molecular weight is 611 g/mol. The van der Waals surface area contributed by atoms with E-state index in [1.807, 2.05) is 88.0 Å². The molecule has 1 aliphatic rings. The van der Waals surface area contributed by atoms with Crippen molar-refractivity contribution in [3.8, 4) is 5.82 Å². The van der Waals surface area contributed by atoms with Crippen LogP contribution >= 0.6 is 0 Å². The van der Waals surface area contributed by atoms with Crippen LogP contribution in [0.2, 0.25) is 0 Å². The van der Waals surface area contributed by atoms with Crippen molar-refractivity contribution < 1.29 is 0 Å². The van der Waals surface area contributed by atoms with E-state index in [2.05, 4.69) is 42.7 Å². The Balaban J connectivity index is 1.18. The largest absolute Gasteiger partial charge is 0.340 e. The average Bonchev–Trinajstić information content (AvgIpc) is 3.87. The monoisotopic (exact) mass is 610 g/mol. The van der Waals surface area contributed by atoms with Crippen LogP contribution in [0.4, 0.5) is 28.7 Å². The molecule has 0 aliphatic carbocycles. The summed E-state index contributed by atoms with van der Waals surface area (Å²) in [5.74, 6) is 2.97. The van der Waals surface area contributed by atoms with Gasteiger partial charge >= 0.3 is 0 Å².